The molecule has 2 bridgehead atoms. The molecule has 0 unspecified atom stereocenters. The molecule has 3 aliphatic rings. The van der Waals surface area contributed by atoms with Gasteiger partial charge in [-0.1, -0.05) is 76.6 Å². The number of ether oxygens (including phenoxy) is 1. The average molecular weight is 409 g/mol. The highest BCUT2D eigenvalue weighted by Gasteiger charge is 2.61. The fourth-order valence-electron chi connectivity index (χ4n) is 6.40. The van der Waals surface area contributed by atoms with Gasteiger partial charge in [-0.2, -0.15) is 0 Å². The van der Waals surface area contributed by atoms with E-state index < -0.39 is 5.41 Å². The summed E-state index contributed by atoms with van der Waals surface area (Å²) < 4.78 is 6.31. The molecule has 3 saturated carbocycles. The highest BCUT2D eigenvalue weighted by atomic mass is 16.5. The molecule has 1 aromatic carbocycles. The van der Waals surface area contributed by atoms with Crippen LogP contribution in [0.5, 0.6) is 0 Å². The number of hydrogen-bond donors (Lipinski definition) is 0. The Kier molecular flexibility index (Phi) is 5.23. The predicted octanol–water partition coefficient (Wildman–Crippen LogP) is 6.02. The highest BCUT2D eigenvalue weighted by Crippen LogP contribution is 2.60. The summed E-state index contributed by atoms with van der Waals surface area (Å²) in [7, 11) is 0. The van der Waals surface area contributed by atoms with E-state index in [1.54, 1.807) is 0 Å². The molecule has 0 saturated heterocycles. The van der Waals surface area contributed by atoms with Gasteiger partial charge in [-0.05, 0) is 54.4 Å². The molecule has 0 spiro atoms. The number of rotatable bonds is 4. The summed E-state index contributed by atoms with van der Waals surface area (Å²) in [5, 5.41) is 0. The lowest BCUT2D eigenvalue weighted by Crippen LogP contribution is -2.48. The van der Waals surface area contributed by atoms with Gasteiger partial charge < -0.3 is 4.74 Å². The van der Waals surface area contributed by atoms with Gasteiger partial charge in [0.25, 0.3) is 0 Å². The average Bonchev–Trinajstić information content (AvgIpc) is 2.94. The SMILES string of the molecule is C=C1C[C@@]2(C(=O)O[C@@H]3C[C@H](C)CC[C@H]3C(C)(C)c3ccccc3)C[C@]1(C)CCC2=O. The monoisotopic (exact) mass is 408 g/mol. The topological polar surface area (TPSA) is 43.4 Å². The number of hydrogen-bond acceptors (Lipinski definition) is 3. The van der Waals surface area contributed by atoms with Gasteiger partial charge in [0, 0.05) is 12.3 Å². The third-order valence-electron chi connectivity index (χ3n) is 8.65. The predicted molar refractivity (Wildman–Crippen MR) is 119 cm³/mol. The lowest BCUT2D eigenvalue weighted by atomic mass is 9.64. The van der Waals surface area contributed by atoms with Crippen LogP contribution in [-0.4, -0.2) is 17.9 Å². The van der Waals surface area contributed by atoms with Crippen LogP contribution in [0.2, 0.25) is 0 Å². The Morgan fingerprint density at radius 2 is 1.90 bits per heavy atom. The molecule has 162 valence electrons. The standard InChI is InChI=1S/C27H36O3/c1-18-11-12-21(25(3,4)20-9-7-6-8-10-20)22(15-18)30-24(29)27-16-19(2)26(5,17-27)14-13-23(27)28/h6-10,18,21-22H,2,11-17H2,1,3-5H3/t18-,21-,22-,26+,27-/m1/s1. The Balaban J connectivity index is 1.60. The Bertz CT molecular complexity index is 854. The van der Waals surface area contributed by atoms with E-state index in [2.05, 4.69) is 58.5 Å². The van der Waals surface area contributed by atoms with Crippen LogP contribution in [0.3, 0.4) is 0 Å². The minimum atomic E-state index is -0.994. The van der Waals surface area contributed by atoms with Crippen LogP contribution in [0.4, 0.5) is 0 Å². The van der Waals surface area contributed by atoms with Gasteiger partial charge in [0.15, 0.2) is 5.78 Å². The van der Waals surface area contributed by atoms with Crippen molar-refractivity contribution in [2.24, 2.45) is 22.7 Å². The van der Waals surface area contributed by atoms with Gasteiger partial charge in [-0.25, -0.2) is 0 Å². The smallest absolute Gasteiger partial charge is 0.320 e. The summed E-state index contributed by atoms with van der Waals surface area (Å²) in [6.45, 7) is 13.2. The number of Topliss-reactive ketones (excluding diaryl/α,β-unsaturated/α-hetero) is 1. The Morgan fingerprint density at radius 3 is 2.60 bits per heavy atom. The minimum Gasteiger partial charge on any atom is -0.461 e. The van der Waals surface area contributed by atoms with Gasteiger partial charge in [-0.15, -0.1) is 0 Å². The number of benzene rings is 1. The zero-order chi connectivity index (χ0) is 21.7. The summed E-state index contributed by atoms with van der Waals surface area (Å²) in [6.07, 6.45) is 5.21. The molecule has 3 aliphatic carbocycles. The van der Waals surface area contributed by atoms with E-state index in [0.717, 1.165) is 31.3 Å². The Hall–Kier alpha value is -1.90. The summed E-state index contributed by atoms with van der Waals surface area (Å²) in [4.78, 5) is 26.5. The van der Waals surface area contributed by atoms with Crippen LogP contribution < -0.4 is 0 Å². The van der Waals surface area contributed by atoms with E-state index in [1.165, 1.54) is 5.56 Å². The van der Waals surface area contributed by atoms with Crippen molar-refractivity contribution in [2.75, 3.05) is 0 Å². The van der Waals surface area contributed by atoms with Crippen molar-refractivity contribution >= 4 is 11.8 Å². The van der Waals surface area contributed by atoms with E-state index in [1.807, 2.05) is 6.07 Å². The molecule has 0 aliphatic heterocycles. The number of carbonyl (C=O) groups excluding carboxylic acids is 2. The normalized spacial score (nSPS) is 36.6. The second kappa shape index (κ2) is 7.35. The molecule has 3 fully saturated rings. The van der Waals surface area contributed by atoms with E-state index >= 15 is 0 Å². The molecular formula is C27H36O3. The molecule has 0 radical (unpaired) electrons. The summed E-state index contributed by atoms with van der Waals surface area (Å²) in [5.41, 5.74) is 1.12. The third kappa shape index (κ3) is 3.35. The van der Waals surface area contributed by atoms with Crippen molar-refractivity contribution in [3.05, 3.63) is 48.0 Å². The second-order valence-corrected chi connectivity index (χ2v) is 11.1. The maximum absolute atomic E-state index is 13.6. The van der Waals surface area contributed by atoms with E-state index in [-0.39, 0.29) is 34.6 Å². The van der Waals surface area contributed by atoms with Crippen molar-refractivity contribution in [3.63, 3.8) is 0 Å². The van der Waals surface area contributed by atoms with Crippen molar-refractivity contribution in [1.82, 2.24) is 0 Å². The lowest BCUT2D eigenvalue weighted by molar-refractivity contribution is -0.173. The molecule has 0 aromatic heterocycles. The van der Waals surface area contributed by atoms with Gasteiger partial charge in [0.2, 0.25) is 0 Å². The second-order valence-electron chi connectivity index (χ2n) is 11.1. The first kappa shape index (κ1) is 21.3. The van der Waals surface area contributed by atoms with Crippen molar-refractivity contribution < 1.29 is 14.3 Å². The summed E-state index contributed by atoms with van der Waals surface area (Å²) in [6, 6.07) is 10.5. The fraction of sp³-hybridized carbons (Fsp3) is 0.630. The minimum absolute atomic E-state index is 0.0614. The molecule has 0 amide bonds. The van der Waals surface area contributed by atoms with Crippen molar-refractivity contribution in [1.29, 1.82) is 0 Å². The Labute approximate surface area is 181 Å². The largest absolute Gasteiger partial charge is 0.461 e. The van der Waals surface area contributed by atoms with Gasteiger partial charge >= 0.3 is 5.97 Å². The van der Waals surface area contributed by atoms with Crippen LogP contribution in [0.25, 0.3) is 0 Å². The molecule has 0 N–H and O–H groups in total. The number of allylic oxidation sites excluding steroid dienone is 1. The first-order chi connectivity index (χ1) is 14.1. The lowest BCUT2D eigenvalue weighted by Gasteiger charge is -2.45. The van der Waals surface area contributed by atoms with Gasteiger partial charge in [0.05, 0.1) is 0 Å². The van der Waals surface area contributed by atoms with Crippen LogP contribution in [0.1, 0.15) is 78.2 Å². The van der Waals surface area contributed by atoms with Crippen LogP contribution in [-0.2, 0) is 19.7 Å². The van der Waals surface area contributed by atoms with Gasteiger partial charge in [-0.3, -0.25) is 9.59 Å². The van der Waals surface area contributed by atoms with Crippen LogP contribution in [0, 0.1) is 22.7 Å². The third-order valence-corrected chi connectivity index (χ3v) is 8.65. The highest BCUT2D eigenvalue weighted by molar-refractivity contribution is 6.05. The maximum atomic E-state index is 13.6. The van der Waals surface area contributed by atoms with Crippen LogP contribution >= 0.6 is 0 Å². The Morgan fingerprint density at radius 1 is 1.20 bits per heavy atom. The van der Waals surface area contributed by atoms with Gasteiger partial charge in [0.1, 0.15) is 11.5 Å². The molecular weight excluding hydrogens is 372 g/mol. The molecule has 3 nitrogen and oxygen atoms in total. The maximum Gasteiger partial charge on any atom is 0.320 e. The zero-order valence-corrected chi connectivity index (χ0v) is 19.0. The number of ketones is 1. The molecule has 5 atom stereocenters. The van der Waals surface area contributed by atoms with E-state index in [9.17, 15) is 9.59 Å². The summed E-state index contributed by atoms with van der Waals surface area (Å²) in [5.74, 6) is 0.538. The quantitative estimate of drug-likeness (QED) is 0.348. The van der Waals surface area contributed by atoms with E-state index in [0.29, 0.717) is 25.2 Å². The summed E-state index contributed by atoms with van der Waals surface area (Å²) >= 11 is 0. The first-order valence-electron chi connectivity index (χ1n) is 11.6. The molecule has 3 heteroatoms. The number of esters is 1. The first-order valence-corrected chi connectivity index (χ1v) is 11.6. The zero-order valence-electron chi connectivity index (χ0n) is 19.0. The molecule has 1 aromatic rings. The fourth-order valence-corrected chi connectivity index (χ4v) is 6.40. The number of fused-ring (bicyclic) bond motifs is 2. The van der Waals surface area contributed by atoms with Crippen molar-refractivity contribution in [3.8, 4) is 0 Å². The van der Waals surface area contributed by atoms with E-state index in [4.69, 9.17) is 4.74 Å². The molecule has 30 heavy (non-hydrogen) atoms. The van der Waals surface area contributed by atoms with Crippen molar-refractivity contribution in [2.45, 2.75) is 84.2 Å². The molecule has 4 rings (SSSR count). The molecule has 0 heterocycles. The number of carbonyl (C=O) groups is 2. The van der Waals surface area contributed by atoms with Crippen LogP contribution in [0.15, 0.2) is 42.5 Å².